The predicted octanol–water partition coefficient (Wildman–Crippen LogP) is 2.34. The van der Waals surface area contributed by atoms with Gasteiger partial charge in [0.1, 0.15) is 10.8 Å². The van der Waals surface area contributed by atoms with Gasteiger partial charge in [0.05, 0.1) is 0 Å². The largest absolute Gasteiger partial charge is 0.385 e. The second-order valence-corrected chi connectivity index (χ2v) is 7.34. The van der Waals surface area contributed by atoms with E-state index >= 15 is 0 Å². The van der Waals surface area contributed by atoms with Gasteiger partial charge in [-0.15, -0.1) is 0 Å². The van der Waals surface area contributed by atoms with E-state index in [1.165, 1.54) is 24.6 Å². The van der Waals surface area contributed by atoms with E-state index in [0.717, 1.165) is 36.9 Å². The number of methoxy groups -OCH3 is 1. The fourth-order valence-corrected chi connectivity index (χ4v) is 3.53. The summed E-state index contributed by atoms with van der Waals surface area (Å²) in [5.74, 6) is 1.37. The van der Waals surface area contributed by atoms with Crippen LogP contribution in [0.25, 0.3) is 0 Å². The van der Waals surface area contributed by atoms with Crippen LogP contribution in [0.3, 0.4) is 0 Å². The zero-order chi connectivity index (χ0) is 18.9. The standard InChI is InChI=1S/C17H23N7OS2/c1-25-11-5-8-18-16(26)23-15-21-13(24-9-2-3-10-24)12-14(22-15)27-17-19-6-4-7-20-17/h4,6-7,12H,2-3,5,8-11H2,1H3,(H2,18,21,22,23,26). The normalized spacial score (nSPS) is 13.6. The molecule has 1 saturated heterocycles. The highest BCUT2D eigenvalue weighted by Gasteiger charge is 2.17. The minimum Gasteiger partial charge on any atom is -0.385 e. The van der Waals surface area contributed by atoms with Gasteiger partial charge in [0, 0.05) is 51.8 Å². The van der Waals surface area contributed by atoms with E-state index in [1.807, 2.05) is 6.07 Å². The second-order valence-electron chi connectivity index (χ2n) is 5.94. The Hall–Kier alpha value is -2.04. The first kappa shape index (κ1) is 19.7. The zero-order valence-electron chi connectivity index (χ0n) is 15.2. The topological polar surface area (TPSA) is 88.1 Å². The number of hydrogen-bond donors (Lipinski definition) is 2. The Bertz CT molecular complexity index is 741. The summed E-state index contributed by atoms with van der Waals surface area (Å²) in [6.45, 7) is 3.42. The minimum atomic E-state index is 0.474. The number of rotatable bonds is 8. The van der Waals surface area contributed by atoms with Gasteiger partial charge >= 0.3 is 0 Å². The third-order valence-corrected chi connectivity index (χ3v) is 4.95. The maximum Gasteiger partial charge on any atom is 0.232 e. The zero-order valence-corrected chi connectivity index (χ0v) is 16.9. The van der Waals surface area contributed by atoms with Crippen LogP contribution in [0.4, 0.5) is 11.8 Å². The molecule has 1 aliphatic rings. The molecule has 27 heavy (non-hydrogen) atoms. The van der Waals surface area contributed by atoms with Gasteiger partial charge in [0.15, 0.2) is 10.3 Å². The van der Waals surface area contributed by atoms with Gasteiger partial charge < -0.3 is 20.3 Å². The molecule has 2 aromatic rings. The number of nitrogens with zero attached hydrogens (tertiary/aromatic N) is 5. The fourth-order valence-electron chi connectivity index (χ4n) is 2.63. The van der Waals surface area contributed by atoms with Crippen molar-refractivity contribution in [2.75, 3.05) is 43.6 Å². The summed E-state index contributed by atoms with van der Waals surface area (Å²) >= 11 is 6.75. The maximum absolute atomic E-state index is 5.35. The number of anilines is 2. The van der Waals surface area contributed by atoms with Crippen molar-refractivity contribution in [3.63, 3.8) is 0 Å². The van der Waals surface area contributed by atoms with Crippen molar-refractivity contribution in [3.8, 4) is 0 Å². The molecule has 0 spiro atoms. The van der Waals surface area contributed by atoms with Crippen LogP contribution in [0, 0.1) is 0 Å². The van der Waals surface area contributed by atoms with E-state index in [-0.39, 0.29) is 0 Å². The van der Waals surface area contributed by atoms with Gasteiger partial charge in [0.25, 0.3) is 0 Å². The molecule has 2 aromatic heterocycles. The summed E-state index contributed by atoms with van der Waals surface area (Å²) < 4.78 is 5.04. The van der Waals surface area contributed by atoms with Crippen molar-refractivity contribution in [3.05, 3.63) is 24.5 Å². The molecular formula is C17H23N7OS2. The molecule has 3 heterocycles. The molecule has 8 nitrogen and oxygen atoms in total. The minimum absolute atomic E-state index is 0.474. The van der Waals surface area contributed by atoms with E-state index in [4.69, 9.17) is 17.0 Å². The average Bonchev–Trinajstić information content (AvgIpc) is 3.21. The predicted molar refractivity (Wildman–Crippen MR) is 110 cm³/mol. The third kappa shape index (κ3) is 6.26. The van der Waals surface area contributed by atoms with Gasteiger partial charge in [-0.25, -0.2) is 15.0 Å². The van der Waals surface area contributed by atoms with Crippen molar-refractivity contribution >= 4 is 40.9 Å². The lowest BCUT2D eigenvalue weighted by atomic mass is 10.4. The molecule has 2 N–H and O–H groups in total. The monoisotopic (exact) mass is 405 g/mol. The summed E-state index contributed by atoms with van der Waals surface area (Å²) in [5, 5.41) is 8.15. The average molecular weight is 406 g/mol. The second kappa shape index (κ2) is 10.3. The Morgan fingerprint density at radius 3 is 2.78 bits per heavy atom. The molecule has 0 bridgehead atoms. The smallest absolute Gasteiger partial charge is 0.232 e. The van der Waals surface area contributed by atoms with Crippen LogP contribution in [-0.4, -0.2) is 58.4 Å². The van der Waals surface area contributed by atoms with Gasteiger partial charge in [0.2, 0.25) is 5.95 Å². The number of thiocarbonyl (C=S) groups is 1. The molecule has 0 amide bonds. The summed E-state index contributed by atoms with van der Waals surface area (Å²) in [7, 11) is 1.68. The summed E-state index contributed by atoms with van der Waals surface area (Å²) in [6.07, 6.45) is 6.67. The third-order valence-electron chi connectivity index (χ3n) is 3.89. The fraction of sp³-hybridized carbons (Fsp3) is 0.471. The lowest BCUT2D eigenvalue weighted by Gasteiger charge is -2.18. The highest BCUT2D eigenvalue weighted by atomic mass is 32.2. The van der Waals surface area contributed by atoms with E-state index in [2.05, 4.69) is 35.5 Å². The van der Waals surface area contributed by atoms with E-state index in [9.17, 15) is 0 Å². The quantitative estimate of drug-likeness (QED) is 0.295. The highest BCUT2D eigenvalue weighted by Crippen LogP contribution is 2.28. The first-order valence-electron chi connectivity index (χ1n) is 8.87. The Morgan fingerprint density at radius 1 is 1.26 bits per heavy atom. The van der Waals surface area contributed by atoms with Crippen LogP contribution in [0.1, 0.15) is 19.3 Å². The van der Waals surface area contributed by atoms with Crippen molar-refractivity contribution in [1.29, 1.82) is 0 Å². The molecular weight excluding hydrogens is 382 g/mol. The van der Waals surface area contributed by atoms with Crippen molar-refractivity contribution in [2.45, 2.75) is 29.4 Å². The lowest BCUT2D eigenvalue weighted by Crippen LogP contribution is -2.31. The molecule has 1 aliphatic heterocycles. The first-order valence-corrected chi connectivity index (χ1v) is 10.1. The van der Waals surface area contributed by atoms with Crippen LogP contribution < -0.4 is 15.5 Å². The van der Waals surface area contributed by atoms with Crippen LogP contribution in [0.5, 0.6) is 0 Å². The molecule has 0 unspecified atom stereocenters. The van der Waals surface area contributed by atoms with Crippen LogP contribution in [0.2, 0.25) is 0 Å². The number of nitrogens with one attached hydrogen (secondary N) is 2. The van der Waals surface area contributed by atoms with Gasteiger partial charge in [-0.05, 0) is 49.3 Å². The summed E-state index contributed by atoms with van der Waals surface area (Å²) in [6, 6.07) is 3.77. The van der Waals surface area contributed by atoms with E-state index in [0.29, 0.717) is 22.8 Å². The molecule has 0 aromatic carbocycles. The van der Waals surface area contributed by atoms with E-state index < -0.39 is 0 Å². The number of aromatic nitrogens is 4. The van der Waals surface area contributed by atoms with Gasteiger partial charge in [-0.2, -0.15) is 4.98 Å². The first-order chi connectivity index (χ1) is 13.2. The van der Waals surface area contributed by atoms with Gasteiger partial charge in [-0.3, -0.25) is 0 Å². The molecule has 0 atom stereocenters. The van der Waals surface area contributed by atoms with Crippen molar-refractivity contribution < 1.29 is 4.74 Å². The Morgan fingerprint density at radius 2 is 2.04 bits per heavy atom. The Kier molecular flexibility index (Phi) is 7.55. The van der Waals surface area contributed by atoms with Crippen LogP contribution in [0.15, 0.2) is 34.7 Å². The molecule has 1 fully saturated rings. The molecule has 144 valence electrons. The molecule has 10 heteroatoms. The molecule has 0 radical (unpaired) electrons. The van der Waals surface area contributed by atoms with Crippen LogP contribution in [-0.2, 0) is 4.74 Å². The summed E-state index contributed by atoms with van der Waals surface area (Å²) in [4.78, 5) is 20.0. The van der Waals surface area contributed by atoms with Gasteiger partial charge in [-0.1, -0.05) is 0 Å². The van der Waals surface area contributed by atoms with Crippen molar-refractivity contribution in [2.24, 2.45) is 0 Å². The maximum atomic E-state index is 5.35. The SMILES string of the molecule is COCCCNC(=S)Nc1nc(Sc2ncccn2)cc(N2CCCC2)n1. The van der Waals surface area contributed by atoms with Crippen LogP contribution >= 0.6 is 24.0 Å². The molecule has 3 rings (SSSR count). The highest BCUT2D eigenvalue weighted by molar-refractivity contribution is 7.99. The Labute approximate surface area is 168 Å². The van der Waals surface area contributed by atoms with E-state index in [1.54, 1.807) is 25.6 Å². The molecule has 0 saturated carbocycles. The number of ether oxygens (including phenoxy) is 1. The molecule has 0 aliphatic carbocycles. The Balaban J connectivity index is 1.72. The summed E-state index contributed by atoms with van der Waals surface area (Å²) in [5.41, 5.74) is 0. The lowest BCUT2D eigenvalue weighted by molar-refractivity contribution is 0.196. The number of hydrogen-bond acceptors (Lipinski definition) is 8. The van der Waals surface area contributed by atoms with Crippen molar-refractivity contribution in [1.82, 2.24) is 25.3 Å².